The van der Waals surface area contributed by atoms with Gasteiger partial charge in [0, 0.05) is 24.7 Å². The molecule has 1 atom stereocenters. The summed E-state index contributed by atoms with van der Waals surface area (Å²) < 4.78 is 0. The fourth-order valence-corrected chi connectivity index (χ4v) is 1.59. The van der Waals surface area contributed by atoms with Crippen molar-refractivity contribution in [2.24, 2.45) is 0 Å². The van der Waals surface area contributed by atoms with E-state index >= 15 is 0 Å². The molecular formula is C14H30N2. The Kier molecular flexibility index (Phi) is 6.93. The number of hydrogen-bond acceptors (Lipinski definition) is 2. The normalized spacial score (nSPS) is 14.2. The van der Waals surface area contributed by atoms with Gasteiger partial charge in [-0.15, -0.1) is 0 Å². The van der Waals surface area contributed by atoms with Crippen molar-refractivity contribution in [3.8, 4) is 0 Å². The van der Waals surface area contributed by atoms with Crippen LogP contribution >= 0.6 is 0 Å². The number of likely N-dealkylation sites (N-methyl/N-ethyl adjacent to an activating group) is 1. The summed E-state index contributed by atoms with van der Waals surface area (Å²) in [6.07, 6.45) is 2.51. The van der Waals surface area contributed by atoms with Crippen LogP contribution in [0.15, 0.2) is 12.2 Å². The lowest BCUT2D eigenvalue weighted by Crippen LogP contribution is -2.39. The summed E-state index contributed by atoms with van der Waals surface area (Å²) in [5.41, 5.74) is 1.44. The molecule has 2 nitrogen and oxygen atoms in total. The van der Waals surface area contributed by atoms with Gasteiger partial charge in [0.25, 0.3) is 0 Å². The summed E-state index contributed by atoms with van der Waals surface area (Å²) in [4.78, 5) is 2.39. The lowest BCUT2D eigenvalue weighted by atomic mass is 10.1. The molecule has 1 N–H and O–H groups in total. The molecule has 16 heavy (non-hydrogen) atoms. The standard InChI is InChI=1S/C14H30N2/c1-8-9-13(3)16(7)11-12(2)10-15-14(4,5)6/h13,15H,2,8-11H2,1,3-7H3. The van der Waals surface area contributed by atoms with Gasteiger partial charge in [-0.1, -0.05) is 19.9 Å². The Balaban J connectivity index is 3.87. The third kappa shape index (κ3) is 7.89. The van der Waals surface area contributed by atoms with Gasteiger partial charge < -0.3 is 5.32 Å². The molecule has 0 aromatic heterocycles. The lowest BCUT2D eigenvalue weighted by Gasteiger charge is -2.27. The molecule has 96 valence electrons. The van der Waals surface area contributed by atoms with E-state index in [1.807, 2.05) is 0 Å². The molecule has 2 heteroatoms. The van der Waals surface area contributed by atoms with Gasteiger partial charge in [0.05, 0.1) is 0 Å². The molecule has 0 amide bonds. The Bertz CT molecular complexity index is 203. The van der Waals surface area contributed by atoms with Crippen molar-refractivity contribution in [3.05, 3.63) is 12.2 Å². The fourth-order valence-electron chi connectivity index (χ4n) is 1.59. The summed E-state index contributed by atoms with van der Waals surface area (Å²) in [5, 5.41) is 3.47. The van der Waals surface area contributed by atoms with Crippen LogP contribution in [-0.2, 0) is 0 Å². The first kappa shape index (κ1) is 15.7. The van der Waals surface area contributed by atoms with Crippen LogP contribution in [0.1, 0.15) is 47.5 Å². The highest BCUT2D eigenvalue weighted by molar-refractivity contribution is 5.01. The largest absolute Gasteiger partial charge is 0.308 e. The first-order valence-electron chi connectivity index (χ1n) is 6.38. The van der Waals surface area contributed by atoms with Crippen molar-refractivity contribution in [2.45, 2.75) is 59.0 Å². The van der Waals surface area contributed by atoms with E-state index < -0.39 is 0 Å². The Morgan fingerprint density at radius 2 is 1.94 bits per heavy atom. The van der Waals surface area contributed by atoms with E-state index in [9.17, 15) is 0 Å². The highest BCUT2D eigenvalue weighted by Gasteiger charge is 2.12. The van der Waals surface area contributed by atoms with Crippen molar-refractivity contribution >= 4 is 0 Å². The van der Waals surface area contributed by atoms with Crippen LogP contribution in [0, 0.1) is 0 Å². The Morgan fingerprint density at radius 3 is 2.38 bits per heavy atom. The van der Waals surface area contributed by atoms with Crippen molar-refractivity contribution in [1.29, 1.82) is 0 Å². The van der Waals surface area contributed by atoms with Gasteiger partial charge in [-0.25, -0.2) is 0 Å². The van der Waals surface area contributed by atoms with Crippen LogP contribution in [0.25, 0.3) is 0 Å². The molecule has 0 aromatic rings. The maximum Gasteiger partial charge on any atom is 0.0202 e. The highest BCUT2D eigenvalue weighted by Crippen LogP contribution is 2.07. The molecule has 0 aliphatic heterocycles. The molecule has 0 saturated heterocycles. The van der Waals surface area contributed by atoms with Crippen LogP contribution in [0.5, 0.6) is 0 Å². The van der Waals surface area contributed by atoms with E-state index in [4.69, 9.17) is 0 Å². The van der Waals surface area contributed by atoms with E-state index in [1.54, 1.807) is 0 Å². The Morgan fingerprint density at radius 1 is 1.38 bits per heavy atom. The third-order valence-corrected chi connectivity index (χ3v) is 2.80. The number of rotatable bonds is 7. The zero-order valence-corrected chi connectivity index (χ0v) is 12.1. The maximum absolute atomic E-state index is 4.14. The molecule has 0 fully saturated rings. The van der Waals surface area contributed by atoms with Gasteiger partial charge in [0.15, 0.2) is 0 Å². The molecule has 0 aliphatic rings. The SMILES string of the molecule is C=C(CNC(C)(C)C)CN(C)C(C)CCC. The van der Waals surface area contributed by atoms with Gasteiger partial charge in [-0.05, 0) is 46.7 Å². The number of nitrogens with one attached hydrogen (secondary N) is 1. The number of nitrogens with zero attached hydrogens (tertiary/aromatic N) is 1. The molecule has 0 saturated carbocycles. The summed E-state index contributed by atoms with van der Waals surface area (Å²) >= 11 is 0. The van der Waals surface area contributed by atoms with Crippen LogP contribution in [0.4, 0.5) is 0 Å². The predicted octanol–water partition coefficient (Wildman–Crippen LogP) is 3.05. The molecule has 0 aliphatic carbocycles. The summed E-state index contributed by atoms with van der Waals surface area (Å²) in [6, 6.07) is 0.649. The molecular weight excluding hydrogens is 196 g/mol. The van der Waals surface area contributed by atoms with Gasteiger partial charge >= 0.3 is 0 Å². The van der Waals surface area contributed by atoms with Gasteiger partial charge in [0.1, 0.15) is 0 Å². The monoisotopic (exact) mass is 226 g/mol. The van der Waals surface area contributed by atoms with Crippen LogP contribution in [-0.4, -0.2) is 36.6 Å². The fraction of sp³-hybridized carbons (Fsp3) is 0.857. The predicted molar refractivity (Wildman–Crippen MR) is 73.9 cm³/mol. The number of hydrogen-bond donors (Lipinski definition) is 1. The summed E-state index contributed by atoms with van der Waals surface area (Å²) in [6.45, 7) is 17.1. The minimum atomic E-state index is 0.177. The van der Waals surface area contributed by atoms with Crippen LogP contribution in [0.2, 0.25) is 0 Å². The van der Waals surface area contributed by atoms with Crippen LogP contribution in [0.3, 0.4) is 0 Å². The van der Waals surface area contributed by atoms with E-state index in [0.717, 1.165) is 13.1 Å². The minimum absolute atomic E-state index is 0.177. The average Bonchev–Trinajstić information content (AvgIpc) is 2.14. The van der Waals surface area contributed by atoms with E-state index in [-0.39, 0.29) is 5.54 Å². The van der Waals surface area contributed by atoms with Crippen molar-refractivity contribution < 1.29 is 0 Å². The third-order valence-electron chi connectivity index (χ3n) is 2.80. The molecule has 0 heterocycles. The highest BCUT2D eigenvalue weighted by atomic mass is 15.1. The van der Waals surface area contributed by atoms with Crippen molar-refractivity contribution in [3.63, 3.8) is 0 Å². The smallest absolute Gasteiger partial charge is 0.0202 e. The molecule has 0 bridgehead atoms. The molecule has 0 aromatic carbocycles. The van der Waals surface area contributed by atoms with Gasteiger partial charge in [-0.2, -0.15) is 0 Å². The maximum atomic E-state index is 4.14. The van der Waals surface area contributed by atoms with E-state index in [2.05, 4.69) is 58.5 Å². The Labute approximate surface area is 102 Å². The summed E-state index contributed by atoms with van der Waals surface area (Å²) in [7, 11) is 2.18. The van der Waals surface area contributed by atoms with Gasteiger partial charge in [-0.3, -0.25) is 4.90 Å². The van der Waals surface area contributed by atoms with E-state index in [1.165, 1.54) is 18.4 Å². The topological polar surface area (TPSA) is 15.3 Å². The van der Waals surface area contributed by atoms with E-state index in [0.29, 0.717) is 6.04 Å². The lowest BCUT2D eigenvalue weighted by molar-refractivity contribution is 0.261. The van der Waals surface area contributed by atoms with Crippen LogP contribution < -0.4 is 5.32 Å². The summed E-state index contributed by atoms with van der Waals surface area (Å²) in [5.74, 6) is 0. The van der Waals surface area contributed by atoms with Crippen molar-refractivity contribution in [1.82, 2.24) is 10.2 Å². The zero-order chi connectivity index (χ0) is 12.8. The average molecular weight is 226 g/mol. The quantitative estimate of drug-likeness (QED) is 0.671. The second kappa shape index (κ2) is 7.08. The molecule has 1 unspecified atom stereocenters. The second-order valence-electron chi connectivity index (χ2n) is 5.91. The second-order valence-corrected chi connectivity index (χ2v) is 5.91. The molecule has 0 radical (unpaired) electrons. The Hall–Kier alpha value is -0.340. The minimum Gasteiger partial charge on any atom is -0.308 e. The van der Waals surface area contributed by atoms with Crippen molar-refractivity contribution in [2.75, 3.05) is 20.1 Å². The first-order chi connectivity index (χ1) is 7.26. The first-order valence-corrected chi connectivity index (χ1v) is 6.38. The molecule has 0 spiro atoms. The zero-order valence-electron chi connectivity index (χ0n) is 12.1. The van der Waals surface area contributed by atoms with Gasteiger partial charge in [0.2, 0.25) is 0 Å². The molecule has 0 rings (SSSR count).